The molecule has 1 unspecified atom stereocenters. The van der Waals surface area contributed by atoms with Crippen LogP contribution in [0.15, 0.2) is 28.9 Å². The summed E-state index contributed by atoms with van der Waals surface area (Å²) in [6.07, 6.45) is 2.26. The number of hydrogen-bond donors (Lipinski definition) is 1. The number of carbonyl (C=O) groups excluding carboxylic acids is 1. The highest BCUT2D eigenvalue weighted by molar-refractivity contribution is 5.86. The number of rotatable bonds is 3. The van der Waals surface area contributed by atoms with Gasteiger partial charge in [-0.15, -0.1) is 0 Å². The van der Waals surface area contributed by atoms with Gasteiger partial charge >= 0.3 is 5.97 Å². The lowest BCUT2D eigenvalue weighted by Gasteiger charge is -2.03. The molecule has 0 fully saturated rings. The lowest BCUT2D eigenvalue weighted by atomic mass is 10.1. The minimum Gasteiger partial charge on any atom is -0.463 e. The fraction of sp³-hybridized carbons (Fsp3) is 0.273. The van der Waals surface area contributed by atoms with E-state index in [1.54, 1.807) is 17.9 Å². The van der Waals surface area contributed by atoms with E-state index in [2.05, 4.69) is 9.84 Å². The van der Waals surface area contributed by atoms with Gasteiger partial charge in [0.15, 0.2) is 0 Å². The number of methoxy groups -OCH3 is 1. The van der Waals surface area contributed by atoms with Crippen molar-refractivity contribution in [2.24, 2.45) is 7.05 Å². The number of aliphatic hydroxyl groups is 1. The van der Waals surface area contributed by atoms with Gasteiger partial charge in [-0.2, -0.15) is 5.10 Å². The summed E-state index contributed by atoms with van der Waals surface area (Å²) in [5.41, 5.74) is 0.596. The lowest BCUT2D eigenvalue weighted by Crippen LogP contribution is -2.00. The molecular weight excluding hydrogens is 224 g/mol. The fourth-order valence-electron chi connectivity index (χ4n) is 1.46. The molecule has 17 heavy (non-hydrogen) atoms. The summed E-state index contributed by atoms with van der Waals surface area (Å²) >= 11 is 0. The van der Waals surface area contributed by atoms with Crippen LogP contribution in [0.2, 0.25) is 0 Å². The Morgan fingerprint density at radius 2 is 2.35 bits per heavy atom. The molecule has 1 N–H and O–H groups in total. The minimum absolute atomic E-state index is 0.0606. The Morgan fingerprint density at radius 1 is 1.59 bits per heavy atom. The molecule has 0 radical (unpaired) electrons. The van der Waals surface area contributed by atoms with Crippen LogP contribution in [0.5, 0.6) is 0 Å². The van der Waals surface area contributed by atoms with E-state index < -0.39 is 12.1 Å². The molecule has 1 atom stereocenters. The maximum Gasteiger partial charge on any atom is 0.373 e. The molecule has 0 aliphatic heterocycles. The van der Waals surface area contributed by atoms with Crippen LogP contribution in [0.1, 0.15) is 28.0 Å². The smallest absolute Gasteiger partial charge is 0.373 e. The van der Waals surface area contributed by atoms with Crippen molar-refractivity contribution in [3.05, 3.63) is 41.6 Å². The monoisotopic (exact) mass is 236 g/mol. The molecule has 0 aliphatic carbocycles. The van der Waals surface area contributed by atoms with Crippen molar-refractivity contribution in [3.8, 4) is 0 Å². The standard InChI is InChI=1S/C11H12N2O4/c1-13-6-7(5-12-13)10(14)8-3-4-9(17-8)11(15)16-2/h3-6,10,14H,1-2H3. The molecule has 2 heterocycles. The maximum atomic E-state index is 11.2. The number of furan rings is 1. The van der Waals surface area contributed by atoms with E-state index in [1.807, 2.05) is 0 Å². The minimum atomic E-state index is -0.942. The molecule has 2 aromatic heterocycles. The van der Waals surface area contributed by atoms with E-state index in [-0.39, 0.29) is 11.5 Å². The van der Waals surface area contributed by atoms with Gasteiger partial charge in [-0.1, -0.05) is 0 Å². The fourth-order valence-corrected chi connectivity index (χ4v) is 1.46. The summed E-state index contributed by atoms with van der Waals surface area (Å²) in [6.45, 7) is 0. The van der Waals surface area contributed by atoms with Gasteiger partial charge in [0.25, 0.3) is 0 Å². The van der Waals surface area contributed by atoms with E-state index in [9.17, 15) is 9.90 Å². The van der Waals surface area contributed by atoms with Crippen LogP contribution in [0, 0.1) is 0 Å². The molecule has 6 heteroatoms. The highest BCUT2D eigenvalue weighted by atomic mass is 16.5. The zero-order chi connectivity index (χ0) is 12.4. The van der Waals surface area contributed by atoms with Gasteiger partial charge in [0.1, 0.15) is 11.9 Å². The molecule has 0 saturated heterocycles. The lowest BCUT2D eigenvalue weighted by molar-refractivity contribution is 0.0558. The second-order valence-corrected chi connectivity index (χ2v) is 3.54. The Labute approximate surface area is 97.4 Å². The predicted molar refractivity (Wildman–Crippen MR) is 57.3 cm³/mol. The maximum absolute atomic E-state index is 11.2. The number of aliphatic hydroxyl groups excluding tert-OH is 1. The normalized spacial score (nSPS) is 12.4. The summed E-state index contributed by atoms with van der Waals surface area (Å²) in [5.74, 6) is -0.238. The largest absolute Gasteiger partial charge is 0.463 e. The van der Waals surface area contributed by atoms with E-state index in [4.69, 9.17) is 4.42 Å². The van der Waals surface area contributed by atoms with E-state index in [1.165, 1.54) is 25.4 Å². The van der Waals surface area contributed by atoms with Crippen molar-refractivity contribution in [3.63, 3.8) is 0 Å². The van der Waals surface area contributed by atoms with Crippen LogP contribution in [0.25, 0.3) is 0 Å². The number of nitrogens with zero attached hydrogens (tertiary/aromatic N) is 2. The predicted octanol–water partition coefficient (Wildman–Crippen LogP) is 0.881. The third-order valence-corrected chi connectivity index (χ3v) is 2.32. The average Bonchev–Trinajstić information content (AvgIpc) is 2.95. The van der Waals surface area contributed by atoms with E-state index in [0.29, 0.717) is 5.56 Å². The highest BCUT2D eigenvalue weighted by Gasteiger charge is 2.19. The van der Waals surface area contributed by atoms with Crippen molar-refractivity contribution in [2.45, 2.75) is 6.10 Å². The summed E-state index contributed by atoms with van der Waals surface area (Å²) < 4.78 is 11.3. The van der Waals surface area contributed by atoms with E-state index in [0.717, 1.165) is 0 Å². The number of aromatic nitrogens is 2. The molecule has 0 spiro atoms. The first-order chi connectivity index (χ1) is 8.11. The van der Waals surface area contributed by atoms with Gasteiger partial charge in [0.2, 0.25) is 5.76 Å². The van der Waals surface area contributed by atoms with Crippen LogP contribution in [0.4, 0.5) is 0 Å². The molecule has 0 aliphatic rings. The second kappa shape index (κ2) is 4.42. The molecule has 0 saturated carbocycles. The Morgan fingerprint density at radius 3 is 2.94 bits per heavy atom. The number of hydrogen-bond acceptors (Lipinski definition) is 5. The second-order valence-electron chi connectivity index (χ2n) is 3.54. The van der Waals surface area contributed by atoms with Crippen molar-refractivity contribution < 1.29 is 19.1 Å². The summed E-state index contributed by atoms with van der Waals surface area (Å²) in [5, 5.41) is 13.9. The van der Waals surface area contributed by atoms with E-state index >= 15 is 0 Å². The van der Waals surface area contributed by atoms with Gasteiger partial charge in [-0.25, -0.2) is 4.79 Å². The molecule has 90 valence electrons. The number of ether oxygens (including phenoxy) is 1. The molecular formula is C11H12N2O4. The Bertz CT molecular complexity index is 529. The summed E-state index contributed by atoms with van der Waals surface area (Å²) in [6, 6.07) is 2.99. The Balaban J connectivity index is 2.23. The van der Waals surface area contributed by atoms with Gasteiger partial charge in [0.05, 0.1) is 13.3 Å². The van der Waals surface area contributed by atoms with Gasteiger partial charge < -0.3 is 14.3 Å². The quantitative estimate of drug-likeness (QED) is 0.800. The van der Waals surface area contributed by atoms with Crippen molar-refractivity contribution >= 4 is 5.97 Å². The van der Waals surface area contributed by atoms with Gasteiger partial charge in [0, 0.05) is 18.8 Å². The zero-order valence-electron chi connectivity index (χ0n) is 9.45. The third-order valence-electron chi connectivity index (χ3n) is 2.32. The number of aryl methyl sites for hydroxylation is 1. The number of esters is 1. The third kappa shape index (κ3) is 2.21. The molecule has 2 rings (SSSR count). The Hall–Kier alpha value is -2.08. The van der Waals surface area contributed by atoms with Crippen molar-refractivity contribution in [2.75, 3.05) is 7.11 Å². The molecule has 0 bridgehead atoms. The topological polar surface area (TPSA) is 77.5 Å². The number of carbonyl (C=O) groups is 1. The van der Waals surface area contributed by atoms with Gasteiger partial charge in [-0.3, -0.25) is 4.68 Å². The highest BCUT2D eigenvalue weighted by Crippen LogP contribution is 2.23. The Kier molecular flexibility index (Phi) is 2.97. The first-order valence-electron chi connectivity index (χ1n) is 4.96. The first kappa shape index (κ1) is 11.4. The van der Waals surface area contributed by atoms with Crippen LogP contribution >= 0.6 is 0 Å². The van der Waals surface area contributed by atoms with Crippen LogP contribution in [-0.2, 0) is 11.8 Å². The van der Waals surface area contributed by atoms with Crippen molar-refractivity contribution in [1.29, 1.82) is 0 Å². The zero-order valence-corrected chi connectivity index (χ0v) is 9.45. The average molecular weight is 236 g/mol. The SMILES string of the molecule is COC(=O)c1ccc(C(O)c2cnn(C)c2)o1. The van der Waals surface area contributed by atoms with Crippen LogP contribution in [-0.4, -0.2) is 28.0 Å². The van der Waals surface area contributed by atoms with Crippen molar-refractivity contribution in [1.82, 2.24) is 9.78 Å². The van der Waals surface area contributed by atoms with Gasteiger partial charge in [-0.05, 0) is 12.1 Å². The summed E-state index contributed by atoms with van der Waals surface area (Å²) in [4.78, 5) is 11.2. The summed E-state index contributed by atoms with van der Waals surface area (Å²) in [7, 11) is 3.01. The molecule has 2 aromatic rings. The molecule has 0 aromatic carbocycles. The van der Waals surface area contributed by atoms with Crippen LogP contribution < -0.4 is 0 Å². The first-order valence-corrected chi connectivity index (χ1v) is 4.96. The molecule has 0 amide bonds. The molecule has 6 nitrogen and oxygen atoms in total. The van der Waals surface area contributed by atoms with Crippen LogP contribution in [0.3, 0.4) is 0 Å².